The minimum atomic E-state index is -4.53. The lowest BCUT2D eigenvalue weighted by Crippen LogP contribution is -2.44. The van der Waals surface area contributed by atoms with Gasteiger partial charge in [-0.3, -0.25) is 4.79 Å². The largest absolute Gasteiger partial charge is 0.480 e. The Balaban J connectivity index is 1.73. The van der Waals surface area contributed by atoms with Gasteiger partial charge in [-0.25, -0.2) is 4.79 Å². The van der Waals surface area contributed by atoms with E-state index in [9.17, 15) is 22.8 Å². The molecular weight excluding hydrogens is 503 g/mol. The van der Waals surface area contributed by atoms with Gasteiger partial charge in [0.05, 0.1) is 11.3 Å². The maximum atomic E-state index is 12.9. The first kappa shape index (κ1) is 29.1. The van der Waals surface area contributed by atoms with E-state index in [4.69, 9.17) is 19.9 Å². The zero-order valence-electron chi connectivity index (χ0n) is 21.9. The molecule has 38 heavy (non-hydrogen) atoms. The molecule has 1 aliphatic rings. The van der Waals surface area contributed by atoms with Crippen LogP contribution in [0.25, 0.3) is 0 Å². The molecule has 2 aromatic carbocycles. The highest BCUT2D eigenvalue weighted by atomic mass is 19.4. The van der Waals surface area contributed by atoms with Crippen LogP contribution in [0.15, 0.2) is 36.4 Å². The van der Waals surface area contributed by atoms with Crippen LogP contribution >= 0.6 is 0 Å². The van der Waals surface area contributed by atoms with Crippen molar-refractivity contribution in [3.8, 4) is 11.5 Å². The van der Waals surface area contributed by atoms with Crippen LogP contribution in [0, 0.1) is 0 Å². The Labute approximate surface area is 220 Å². The summed E-state index contributed by atoms with van der Waals surface area (Å²) in [6.45, 7) is 6.27. The third-order valence-corrected chi connectivity index (χ3v) is 5.61. The number of rotatable bonds is 11. The van der Waals surface area contributed by atoms with Crippen molar-refractivity contribution in [2.75, 3.05) is 25.0 Å². The number of alkyl halides is 3. The molecule has 1 heterocycles. The van der Waals surface area contributed by atoms with Crippen molar-refractivity contribution in [2.45, 2.75) is 64.5 Å². The number of nitrogens with one attached hydrogen (secondary N) is 2. The summed E-state index contributed by atoms with van der Waals surface area (Å²) in [6.07, 6.45) is -4.38. The number of primary amides is 1. The lowest BCUT2D eigenvalue weighted by atomic mass is 9.98. The average Bonchev–Trinajstić information content (AvgIpc) is 3.27. The quantitative estimate of drug-likeness (QED) is 0.372. The summed E-state index contributed by atoms with van der Waals surface area (Å²) in [5, 5.41) is 6.42. The number of amides is 1. The second kappa shape index (κ2) is 11.9. The molecule has 0 spiro atoms. The molecular formula is C27H34F3N3O5. The zero-order valence-corrected chi connectivity index (χ0v) is 21.9. The number of carbonyl (C=O) groups excluding carboxylic acids is 2. The Bertz CT molecular complexity index is 1150. The number of halogens is 3. The molecule has 0 fully saturated rings. The normalized spacial score (nSPS) is 14.7. The lowest BCUT2D eigenvalue weighted by Gasteiger charge is -2.26. The van der Waals surface area contributed by atoms with Gasteiger partial charge < -0.3 is 30.6 Å². The zero-order chi connectivity index (χ0) is 28.1. The van der Waals surface area contributed by atoms with Gasteiger partial charge >= 0.3 is 12.1 Å². The topological polar surface area (TPSA) is 112 Å². The number of carbonyl (C=O) groups is 2. The van der Waals surface area contributed by atoms with Crippen LogP contribution in [0.5, 0.6) is 11.5 Å². The third-order valence-electron chi connectivity index (χ3n) is 5.61. The van der Waals surface area contributed by atoms with Gasteiger partial charge in [0, 0.05) is 19.1 Å². The molecule has 11 heteroatoms. The number of nitrogens with two attached hydrogens (primary N) is 1. The summed E-state index contributed by atoms with van der Waals surface area (Å²) >= 11 is 0. The fraction of sp³-hybridized carbons (Fsp3) is 0.481. The summed E-state index contributed by atoms with van der Waals surface area (Å²) < 4.78 is 54.3. The van der Waals surface area contributed by atoms with Crippen molar-refractivity contribution in [3.63, 3.8) is 0 Å². The number of para-hydroxylation sites is 2. The van der Waals surface area contributed by atoms with Gasteiger partial charge in [0.15, 0.2) is 18.1 Å². The molecule has 8 nitrogen and oxygen atoms in total. The Morgan fingerprint density at radius 2 is 1.82 bits per heavy atom. The summed E-state index contributed by atoms with van der Waals surface area (Å²) in [4.78, 5) is 24.9. The highest BCUT2D eigenvalue weighted by Gasteiger charge is 2.31. The van der Waals surface area contributed by atoms with E-state index in [1.807, 2.05) is 13.0 Å². The number of hydrogen-bond donors (Lipinski definition) is 3. The van der Waals surface area contributed by atoms with E-state index >= 15 is 0 Å². The number of ether oxygens (including phenoxy) is 3. The number of esters is 1. The number of benzene rings is 2. The molecule has 1 amide bonds. The van der Waals surface area contributed by atoms with Gasteiger partial charge in [0.2, 0.25) is 6.10 Å². The Morgan fingerprint density at radius 3 is 2.45 bits per heavy atom. The second-order valence-electron chi connectivity index (χ2n) is 10.2. The third kappa shape index (κ3) is 8.54. The van der Waals surface area contributed by atoms with E-state index in [-0.39, 0.29) is 24.1 Å². The van der Waals surface area contributed by atoms with E-state index in [1.54, 1.807) is 32.9 Å². The van der Waals surface area contributed by atoms with E-state index in [0.29, 0.717) is 12.0 Å². The molecule has 208 valence electrons. The lowest BCUT2D eigenvalue weighted by molar-refractivity contribution is -0.164. The highest BCUT2D eigenvalue weighted by molar-refractivity contribution is 6.00. The molecule has 0 saturated carbocycles. The molecule has 0 aliphatic carbocycles. The van der Waals surface area contributed by atoms with Gasteiger partial charge in [-0.15, -0.1) is 0 Å². The van der Waals surface area contributed by atoms with E-state index < -0.39 is 36.4 Å². The van der Waals surface area contributed by atoms with Crippen molar-refractivity contribution >= 4 is 17.6 Å². The fourth-order valence-electron chi connectivity index (χ4n) is 4.06. The van der Waals surface area contributed by atoms with Crippen molar-refractivity contribution in [3.05, 3.63) is 53.1 Å². The minimum Gasteiger partial charge on any atom is -0.480 e. The molecule has 4 N–H and O–H groups in total. The first-order chi connectivity index (χ1) is 17.7. The van der Waals surface area contributed by atoms with E-state index in [0.717, 1.165) is 29.8 Å². The van der Waals surface area contributed by atoms with Crippen LogP contribution in [0.2, 0.25) is 0 Å². The first-order valence-electron chi connectivity index (χ1n) is 12.3. The van der Waals surface area contributed by atoms with Gasteiger partial charge in [0.1, 0.15) is 5.60 Å². The van der Waals surface area contributed by atoms with E-state index in [2.05, 4.69) is 10.6 Å². The standard InChI is InChI=1S/C27H34F3N3O5/c1-16(11-17-12-18-9-10-32-23(18)19(13-17)24(31)34)33-14-22(25(35)38-26(2,3)4)37-21-8-6-5-7-20(21)36-15-27(28,29)30/h5-8,12-13,16,22,32-33H,9-11,14-15H2,1-4H3,(H2,31,34). The fourth-order valence-corrected chi connectivity index (χ4v) is 4.06. The van der Waals surface area contributed by atoms with Crippen LogP contribution in [0.3, 0.4) is 0 Å². The van der Waals surface area contributed by atoms with Gasteiger partial charge in [-0.1, -0.05) is 18.2 Å². The maximum Gasteiger partial charge on any atom is 0.422 e. The number of anilines is 1. The van der Waals surface area contributed by atoms with Crippen LogP contribution in [-0.4, -0.2) is 55.5 Å². The predicted octanol–water partition coefficient (Wildman–Crippen LogP) is 4.00. The molecule has 2 aromatic rings. The Morgan fingerprint density at radius 1 is 1.13 bits per heavy atom. The molecule has 0 aromatic heterocycles. The van der Waals surface area contributed by atoms with Crippen LogP contribution in [0.4, 0.5) is 18.9 Å². The minimum absolute atomic E-state index is 0.0128. The Hall–Kier alpha value is -3.47. The maximum absolute atomic E-state index is 12.9. The molecule has 1 aliphatic heterocycles. The summed E-state index contributed by atoms with van der Waals surface area (Å²) in [6, 6.07) is 9.46. The van der Waals surface area contributed by atoms with Gasteiger partial charge in [-0.05, 0) is 69.9 Å². The Kier molecular flexibility index (Phi) is 9.14. The van der Waals surface area contributed by atoms with Crippen molar-refractivity contribution in [1.29, 1.82) is 0 Å². The highest BCUT2D eigenvalue weighted by Crippen LogP contribution is 2.30. The van der Waals surface area contributed by atoms with Crippen molar-refractivity contribution < 1.29 is 37.0 Å². The number of fused-ring (bicyclic) bond motifs is 1. The summed E-state index contributed by atoms with van der Waals surface area (Å²) in [7, 11) is 0. The molecule has 0 bridgehead atoms. The van der Waals surface area contributed by atoms with Crippen molar-refractivity contribution in [2.24, 2.45) is 5.73 Å². The predicted molar refractivity (Wildman–Crippen MR) is 137 cm³/mol. The number of hydrogen-bond acceptors (Lipinski definition) is 7. The van der Waals surface area contributed by atoms with E-state index in [1.165, 1.54) is 18.2 Å². The first-order valence-corrected chi connectivity index (χ1v) is 12.3. The van der Waals surface area contributed by atoms with Gasteiger partial charge in [0.25, 0.3) is 5.91 Å². The summed E-state index contributed by atoms with van der Waals surface area (Å²) in [5.41, 5.74) is 7.89. The molecule has 2 atom stereocenters. The smallest absolute Gasteiger partial charge is 0.422 e. The average molecular weight is 538 g/mol. The summed E-state index contributed by atoms with van der Waals surface area (Å²) in [5.74, 6) is -1.35. The monoisotopic (exact) mass is 537 g/mol. The SMILES string of the molecule is CC(Cc1cc2c(c(C(N)=O)c1)NCC2)NCC(Oc1ccccc1OCC(F)(F)F)C(=O)OC(C)(C)C. The van der Waals surface area contributed by atoms with Gasteiger partial charge in [-0.2, -0.15) is 13.2 Å². The molecule has 0 saturated heterocycles. The molecule has 0 radical (unpaired) electrons. The molecule has 2 unspecified atom stereocenters. The second-order valence-corrected chi connectivity index (χ2v) is 10.2. The molecule has 3 rings (SSSR count). The van der Waals surface area contributed by atoms with Crippen LogP contribution < -0.4 is 25.8 Å². The van der Waals surface area contributed by atoms with Crippen LogP contribution in [0.1, 0.15) is 49.2 Å². The van der Waals surface area contributed by atoms with Crippen LogP contribution in [-0.2, 0) is 22.4 Å². The van der Waals surface area contributed by atoms with Crippen molar-refractivity contribution in [1.82, 2.24) is 5.32 Å².